The van der Waals surface area contributed by atoms with E-state index >= 15 is 0 Å². The molecule has 22 heavy (non-hydrogen) atoms. The van der Waals surface area contributed by atoms with E-state index in [-0.39, 0.29) is 17.9 Å². The lowest BCUT2D eigenvalue weighted by Crippen LogP contribution is -2.39. The molecule has 0 bridgehead atoms. The zero-order valence-electron chi connectivity index (χ0n) is 12.5. The Bertz CT molecular complexity index is 670. The molecular weight excluding hydrogens is 283 g/mol. The molecule has 1 aromatic heterocycles. The largest absolute Gasteiger partial charge is 0.340 e. The summed E-state index contributed by atoms with van der Waals surface area (Å²) in [7, 11) is 0. The molecule has 2 heterocycles. The third kappa shape index (κ3) is 2.68. The molecule has 2 aromatic rings. The van der Waals surface area contributed by atoms with E-state index in [4.69, 9.17) is 0 Å². The third-order valence-corrected chi connectivity index (χ3v) is 3.92. The van der Waals surface area contributed by atoms with Crippen LogP contribution >= 0.6 is 0 Å². The van der Waals surface area contributed by atoms with Crippen molar-refractivity contribution < 1.29 is 9.18 Å². The minimum atomic E-state index is -0.287. The van der Waals surface area contributed by atoms with Gasteiger partial charge in [-0.25, -0.2) is 14.2 Å². The number of halogens is 1. The molecule has 0 aliphatic carbocycles. The molecule has 1 atom stereocenters. The van der Waals surface area contributed by atoms with Crippen molar-refractivity contribution in [3.63, 3.8) is 0 Å². The van der Waals surface area contributed by atoms with Gasteiger partial charge in [-0.15, -0.1) is 0 Å². The molecule has 0 spiro atoms. The molecule has 0 radical (unpaired) electrons. The number of imidazole rings is 1. The van der Waals surface area contributed by atoms with Gasteiger partial charge in [0.1, 0.15) is 11.6 Å². The van der Waals surface area contributed by atoms with Gasteiger partial charge in [-0.05, 0) is 31.9 Å². The summed E-state index contributed by atoms with van der Waals surface area (Å²) >= 11 is 0. The van der Waals surface area contributed by atoms with E-state index in [1.165, 1.54) is 6.07 Å². The summed E-state index contributed by atoms with van der Waals surface area (Å²) in [5, 5.41) is 2.82. The van der Waals surface area contributed by atoms with Gasteiger partial charge < -0.3 is 15.2 Å². The molecule has 6 heteroatoms. The predicted octanol–water partition coefficient (Wildman–Crippen LogP) is 3.08. The highest BCUT2D eigenvalue weighted by Gasteiger charge is 2.31. The second-order valence-corrected chi connectivity index (χ2v) is 5.35. The number of aromatic nitrogens is 2. The van der Waals surface area contributed by atoms with Crippen LogP contribution in [0.3, 0.4) is 0 Å². The number of carbonyl (C=O) groups excluding carboxylic acids is 1. The zero-order chi connectivity index (χ0) is 15.5. The average molecular weight is 302 g/mol. The second-order valence-electron chi connectivity index (χ2n) is 5.35. The van der Waals surface area contributed by atoms with Crippen molar-refractivity contribution in [3.05, 3.63) is 42.1 Å². The number of amides is 2. The maximum absolute atomic E-state index is 13.8. The van der Waals surface area contributed by atoms with Crippen molar-refractivity contribution in [1.29, 1.82) is 0 Å². The lowest BCUT2D eigenvalue weighted by Gasteiger charge is -2.23. The second kappa shape index (κ2) is 6.17. The molecule has 1 aromatic carbocycles. The standard InChI is InChI=1S/C16H19FN4O/c1-2-18-16(22)21-9-5-8-14(21)15-19-10-13(20-15)11-6-3-4-7-12(11)17/h3-4,6-7,10,14H,2,5,8-9H2,1H3,(H,18,22)(H,19,20)/t14-/m0/s1. The maximum Gasteiger partial charge on any atom is 0.318 e. The molecule has 0 saturated carbocycles. The van der Waals surface area contributed by atoms with Crippen molar-refractivity contribution >= 4 is 6.03 Å². The number of nitrogens with one attached hydrogen (secondary N) is 2. The summed E-state index contributed by atoms with van der Waals surface area (Å²) in [5.74, 6) is 0.423. The number of nitrogens with zero attached hydrogens (tertiary/aromatic N) is 2. The third-order valence-electron chi connectivity index (χ3n) is 3.92. The van der Waals surface area contributed by atoms with Crippen molar-refractivity contribution in [2.24, 2.45) is 0 Å². The zero-order valence-corrected chi connectivity index (χ0v) is 12.5. The Balaban J connectivity index is 1.84. The van der Waals surface area contributed by atoms with Crippen molar-refractivity contribution in [2.75, 3.05) is 13.1 Å². The van der Waals surface area contributed by atoms with E-state index in [0.29, 0.717) is 30.2 Å². The Kier molecular flexibility index (Phi) is 4.09. The summed E-state index contributed by atoms with van der Waals surface area (Å²) in [6.45, 7) is 3.21. The highest BCUT2D eigenvalue weighted by molar-refractivity contribution is 5.75. The Hall–Kier alpha value is -2.37. The van der Waals surface area contributed by atoms with Crippen molar-refractivity contribution in [3.8, 4) is 11.3 Å². The average Bonchev–Trinajstić information content (AvgIpc) is 3.17. The summed E-state index contributed by atoms with van der Waals surface area (Å²) in [6.07, 6.45) is 3.43. The normalized spacial score (nSPS) is 17.7. The summed E-state index contributed by atoms with van der Waals surface area (Å²) in [6, 6.07) is 6.43. The van der Waals surface area contributed by atoms with Gasteiger partial charge in [0, 0.05) is 18.7 Å². The number of carbonyl (C=O) groups is 1. The fraction of sp³-hybridized carbons (Fsp3) is 0.375. The lowest BCUT2D eigenvalue weighted by atomic mass is 10.1. The van der Waals surface area contributed by atoms with Crippen LogP contribution in [0.25, 0.3) is 11.3 Å². The first-order valence-corrected chi connectivity index (χ1v) is 7.55. The number of likely N-dealkylation sites (tertiary alicyclic amines) is 1. The topological polar surface area (TPSA) is 61.0 Å². The number of aromatic amines is 1. The van der Waals surface area contributed by atoms with Crippen LogP contribution in [0, 0.1) is 5.82 Å². The number of benzene rings is 1. The monoisotopic (exact) mass is 302 g/mol. The SMILES string of the molecule is CCNC(=O)N1CCC[C@H]1c1ncc(-c2ccccc2F)[nH]1. The minimum absolute atomic E-state index is 0.0751. The van der Waals surface area contributed by atoms with Gasteiger partial charge in [0.25, 0.3) is 0 Å². The minimum Gasteiger partial charge on any atom is -0.340 e. The van der Waals surface area contributed by atoms with E-state index in [1.54, 1.807) is 29.3 Å². The number of rotatable bonds is 3. The van der Waals surface area contributed by atoms with E-state index < -0.39 is 0 Å². The number of H-pyrrole nitrogens is 1. The summed E-state index contributed by atoms with van der Waals surface area (Å²) < 4.78 is 13.8. The Labute approximate surface area is 128 Å². The van der Waals surface area contributed by atoms with Gasteiger partial charge in [0.15, 0.2) is 0 Å². The van der Waals surface area contributed by atoms with Crippen molar-refractivity contribution in [1.82, 2.24) is 20.2 Å². The van der Waals surface area contributed by atoms with Gasteiger partial charge in [-0.3, -0.25) is 0 Å². The van der Waals surface area contributed by atoms with Gasteiger partial charge in [0.05, 0.1) is 17.9 Å². The molecule has 116 valence electrons. The van der Waals surface area contributed by atoms with Gasteiger partial charge in [-0.1, -0.05) is 12.1 Å². The molecule has 2 amide bonds. The Morgan fingerprint density at radius 2 is 2.32 bits per heavy atom. The fourth-order valence-electron chi connectivity index (χ4n) is 2.87. The molecular formula is C16H19FN4O. The lowest BCUT2D eigenvalue weighted by molar-refractivity contribution is 0.192. The highest BCUT2D eigenvalue weighted by atomic mass is 19.1. The van der Waals surface area contributed by atoms with Crippen LogP contribution in [-0.4, -0.2) is 34.0 Å². The van der Waals surface area contributed by atoms with E-state index in [0.717, 1.165) is 12.8 Å². The highest BCUT2D eigenvalue weighted by Crippen LogP contribution is 2.31. The van der Waals surface area contributed by atoms with E-state index in [1.807, 2.05) is 6.92 Å². The van der Waals surface area contributed by atoms with Crippen LogP contribution < -0.4 is 5.32 Å². The summed E-state index contributed by atoms with van der Waals surface area (Å²) in [5.41, 5.74) is 1.12. The van der Waals surface area contributed by atoms with Gasteiger partial charge >= 0.3 is 6.03 Å². The Morgan fingerprint density at radius 1 is 1.50 bits per heavy atom. The smallest absolute Gasteiger partial charge is 0.318 e. The van der Waals surface area contributed by atoms with Crippen molar-refractivity contribution in [2.45, 2.75) is 25.8 Å². The predicted molar refractivity (Wildman–Crippen MR) is 81.7 cm³/mol. The van der Waals surface area contributed by atoms with Crippen LogP contribution in [0.2, 0.25) is 0 Å². The molecule has 1 saturated heterocycles. The number of hydrogen-bond donors (Lipinski definition) is 2. The van der Waals surface area contributed by atoms with Crippen LogP contribution in [0.4, 0.5) is 9.18 Å². The van der Waals surface area contributed by atoms with Gasteiger partial charge in [-0.2, -0.15) is 0 Å². The van der Waals surface area contributed by atoms with Crippen LogP contribution in [-0.2, 0) is 0 Å². The quantitative estimate of drug-likeness (QED) is 0.915. The molecule has 3 rings (SSSR count). The molecule has 1 aliphatic rings. The molecule has 5 nitrogen and oxygen atoms in total. The molecule has 1 aliphatic heterocycles. The first-order valence-electron chi connectivity index (χ1n) is 7.55. The first kappa shape index (κ1) is 14.6. The molecule has 1 fully saturated rings. The number of urea groups is 1. The van der Waals surface area contributed by atoms with Crippen LogP contribution in [0.15, 0.2) is 30.5 Å². The van der Waals surface area contributed by atoms with Crippen LogP contribution in [0.1, 0.15) is 31.6 Å². The molecule has 0 unspecified atom stereocenters. The fourth-order valence-corrected chi connectivity index (χ4v) is 2.87. The van der Waals surface area contributed by atoms with Gasteiger partial charge in [0.2, 0.25) is 0 Å². The van der Waals surface area contributed by atoms with E-state index in [9.17, 15) is 9.18 Å². The van der Waals surface area contributed by atoms with Crippen LogP contribution in [0.5, 0.6) is 0 Å². The Morgan fingerprint density at radius 3 is 3.09 bits per heavy atom. The summed E-state index contributed by atoms with van der Waals surface area (Å²) in [4.78, 5) is 21.4. The molecule has 2 N–H and O–H groups in total. The number of hydrogen-bond acceptors (Lipinski definition) is 2. The maximum atomic E-state index is 13.8. The van der Waals surface area contributed by atoms with E-state index in [2.05, 4.69) is 15.3 Å². The first-order chi connectivity index (χ1) is 10.7.